The van der Waals surface area contributed by atoms with Crippen LogP contribution in [0.1, 0.15) is 50.6 Å². The van der Waals surface area contributed by atoms with Crippen LogP contribution in [-0.4, -0.2) is 51.2 Å². The lowest BCUT2D eigenvalue weighted by Gasteiger charge is -2.27. The summed E-state index contributed by atoms with van der Waals surface area (Å²) in [6.45, 7) is 1.63. The van der Waals surface area contributed by atoms with E-state index in [0.29, 0.717) is 37.4 Å². The van der Waals surface area contributed by atoms with Gasteiger partial charge >= 0.3 is 0 Å². The van der Waals surface area contributed by atoms with Gasteiger partial charge in [-0.15, -0.1) is 11.3 Å². The van der Waals surface area contributed by atoms with Crippen molar-refractivity contribution < 1.29 is 14.3 Å². The molecule has 1 aliphatic carbocycles. The largest absolute Gasteiger partial charge is 0.497 e. The molecule has 1 aliphatic heterocycles. The van der Waals surface area contributed by atoms with Crippen LogP contribution in [0.2, 0.25) is 0 Å². The Hall–Kier alpha value is -3.20. The molecule has 1 aromatic carbocycles. The molecule has 1 saturated carbocycles. The number of thiazole rings is 1. The molecule has 3 aromatic rings. The van der Waals surface area contributed by atoms with Gasteiger partial charge in [0.2, 0.25) is 0 Å². The van der Waals surface area contributed by atoms with Gasteiger partial charge in [0.1, 0.15) is 11.4 Å². The Balaban J connectivity index is 1.38. The summed E-state index contributed by atoms with van der Waals surface area (Å²) in [5, 5.41) is 9.52. The van der Waals surface area contributed by atoms with Crippen LogP contribution in [0.3, 0.4) is 0 Å². The fourth-order valence-electron chi connectivity index (χ4n) is 4.02. The number of ether oxygens (including phenoxy) is 1. The molecule has 0 saturated heterocycles. The summed E-state index contributed by atoms with van der Waals surface area (Å²) in [5.74, 6) is 0.584. The van der Waals surface area contributed by atoms with Gasteiger partial charge in [0.05, 0.1) is 19.2 Å². The zero-order valence-corrected chi connectivity index (χ0v) is 18.7. The number of aromatic nitrogens is 3. The maximum absolute atomic E-state index is 12.9. The van der Waals surface area contributed by atoms with Crippen LogP contribution in [0, 0.1) is 0 Å². The third-order valence-electron chi connectivity index (χ3n) is 5.97. The minimum absolute atomic E-state index is 0.101. The van der Waals surface area contributed by atoms with Crippen LogP contribution in [0.15, 0.2) is 35.2 Å². The predicted octanol–water partition coefficient (Wildman–Crippen LogP) is 2.68. The van der Waals surface area contributed by atoms with Crippen molar-refractivity contribution in [3.63, 3.8) is 0 Å². The van der Waals surface area contributed by atoms with Gasteiger partial charge in [-0.2, -0.15) is 5.10 Å². The van der Waals surface area contributed by atoms with E-state index >= 15 is 0 Å². The first kappa shape index (κ1) is 20.7. The Morgan fingerprint density at radius 3 is 2.75 bits per heavy atom. The molecule has 5 rings (SSSR count). The predicted molar refractivity (Wildman–Crippen MR) is 120 cm³/mol. The van der Waals surface area contributed by atoms with E-state index in [9.17, 15) is 9.59 Å². The molecule has 2 aliphatic rings. The summed E-state index contributed by atoms with van der Waals surface area (Å²) in [4.78, 5) is 31.7. The summed E-state index contributed by atoms with van der Waals surface area (Å²) in [6, 6.07) is 8.24. The van der Waals surface area contributed by atoms with Crippen LogP contribution in [0.4, 0.5) is 0 Å². The van der Waals surface area contributed by atoms with Gasteiger partial charge in [-0.3, -0.25) is 14.3 Å². The molecule has 0 spiro atoms. The molecule has 3 heterocycles. The van der Waals surface area contributed by atoms with E-state index in [-0.39, 0.29) is 17.9 Å². The molecule has 166 valence electrons. The minimum Gasteiger partial charge on any atom is -0.497 e. The van der Waals surface area contributed by atoms with E-state index in [4.69, 9.17) is 9.84 Å². The van der Waals surface area contributed by atoms with Crippen molar-refractivity contribution in [1.82, 2.24) is 25.0 Å². The fourth-order valence-corrected chi connectivity index (χ4v) is 4.55. The highest BCUT2D eigenvalue weighted by Crippen LogP contribution is 2.26. The number of nitrogens with zero attached hydrogens (tertiary/aromatic N) is 4. The van der Waals surface area contributed by atoms with Crippen LogP contribution in [0.5, 0.6) is 5.75 Å². The number of hydrogen-bond donors (Lipinski definition) is 1. The molecule has 1 fully saturated rings. The van der Waals surface area contributed by atoms with Crippen molar-refractivity contribution in [3.8, 4) is 5.75 Å². The molecule has 32 heavy (non-hydrogen) atoms. The van der Waals surface area contributed by atoms with Crippen molar-refractivity contribution >= 4 is 23.2 Å². The Morgan fingerprint density at radius 1 is 1.25 bits per heavy atom. The molecule has 8 nitrogen and oxygen atoms in total. The number of aryl methyl sites for hydroxylation is 2. The monoisotopic (exact) mass is 451 g/mol. The molecular weight excluding hydrogens is 426 g/mol. The van der Waals surface area contributed by atoms with Gasteiger partial charge in [-0.25, -0.2) is 4.98 Å². The highest BCUT2D eigenvalue weighted by atomic mass is 32.1. The lowest BCUT2D eigenvalue weighted by atomic mass is 10.0. The maximum atomic E-state index is 12.9. The summed E-state index contributed by atoms with van der Waals surface area (Å²) >= 11 is 1.40. The summed E-state index contributed by atoms with van der Waals surface area (Å²) < 4.78 is 7.18. The number of benzene rings is 1. The third kappa shape index (κ3) is 4.25. The molecular formula is C23H25N5O3S. The highest BCUT2D eigenvalue weighted by Gasteiger charge is 2.33. The molecule has 0 radical (unpaired) electrons. The van der Waals surface area contributed by atoms with Crippen LogP contribution < -0.4 is 10.1 Å². The Bertz CT molecular complexity index is 1120. The average Bonchev–Trinajstić information content (AvgIpc) is 3.33. The number of carbonyl (C=O) groups is 2. The minimum atomic E-state index is -0.144. The number of hydrogen-bond acceptors (Lipinski definition) is 6. The van der Waals surface area contributed by atoms with Crippen molar-refractivity contribution in [3.05, 3.63) is 63.4 Å². The molecule has 2 aromatic heterocycles. The summed E-state index contributed by atoms with van der Waals surface area (Å²) in [5.41, 5.74) is 5.63. The molecule has 1 N–H and O–H groups in total. The molecule has 9 heteroatoms. The average molecular weight is 452 g/mol. The summed E-state index contributed by atoms with van der Waals surface area (Å²) in [7, 11) is 1.65. The van der Waals surface area contributed by atoms with Gasteiger partial charge in [-0.05, 0) is 37.0 Å². The number of fused-ring (bicyclic) bond motifs is 1. The van der Waals surface area contributed by atoms with Crippen molar-refractivity contribution in [2.24, 2.45) is 0 Å². The van der Waals surface area contributed by atoms with Gasteiger partial charge in [-0.1, -0.05) is 12.1 Å². The molecule has 2 amide bonds. The van der Waals surface area contributed by atoms with E-state index in [1.807, 2.05) is 28.9 Å². The van der Waals surface area contributed by atoms with E-state index in [0.717, 1.165) is 36.3 Å². The van der Waals surface area contributed by atoms with Crippen molar-refractivity contribution in [1.29, 1.82) is 0 Å². The Morgan fingerprint density at radius 2 is 2.06 bits per heavy atom. The zero-order chi connectivity index (χ0) is 22.1. The van der Waals surface area contributed by atoms with Crippen LogP contribution in [0.25, 0.3) is 0 Å². The van der Waals surface area contributed by atoms with E-state index in [1.54, 1.807) is 22.9 Å². The molecule has 0 atom stereocenters. The lowest BCUT2D eigenvalue weighted by molar-refractivity contribution is 0.0725. The highest BCUT2D eigenvalue weighted by molar-refractivity contribution is 7.07. The maximum Gasteiger partial charge on any atom is 0.273 e. The van der Waals surface area contributed by atoms with Crippen molar-refractivity contribution in [2.75, 3.05) is 13.7 Å². The first-order chi connectivity index (χ1) is 15.6. The second-order valence-corrected chi connectivity index (χ2v) is 8.91. The van der Waals surface area contributed by atoms with E-state index in [1.165, 1.54) is 16.9 Å². The van der Waals surface area contributed by atoms with Gasteiger partial charge < -0.3 is 15.0 Å². The number of carbonyl (C=O) groups excluding carboxylic acids is 2. The van der Waals surface area contributed by atoms with Gasteiger partial charge in [0.25, 0.3) is 11.8 Å². The number of rotatable bonds is 7. The standard InChI is InChI=1S/C23H25N5O3S/c1-31-17-6-2-15(3-7-17)8-11-28-20-9-10-27(23(30)19-13-32-14-24-19)12-18(20)21(26-28)22(29)25-16-4-5-16/h2-3,6-7,13-14,16H,4-5,8-12H2,1H3,(H,25,29). The second-order valence-electron chi connectivity index (χ2n) is 8.19. The number of methoxy groups -OCH3 is 1. The quantitative estimate of drug-likeness (QED) is 0.597. The smallest absolute Gasteiger partial charge is 0.273 e. The normalized spacial score (nSPS) is 15.3. The third-order valence-corrected chi connectivity index (χ3v) is 6.56. The van der Waals surface area contributed by atoms with Gasteiger partial charge in [0.15, 0.2) is 5.69 Å². The molecule has 0 bridgehead atoms. The van der Waals surface area contributed by atoms with E-state index < -0.39 is 0 Å². The van der Waals surface area contributed by atoms with Gasteiger partial charge in [0, 0.05) is 42.2 Å². The Kier molecular flexibility index (Phi) is 5.65. The van der Waals surface area contributed by atoms with E-state index in [2.05, 4.69) is 10.3 Å². The first-order valence-electron chi connectivity index (χ1n) is 10.8. The van der Waals surface area contributed by atoms with Crippen LogP contribution >= 0.6 is 11.3 Å². The first-order valence-corrected chi connectivity index (χ1v) is 11.8. The second kappa shape index (κ2) is 8.74. The summed E-state index contributed by atoms with van der Waals surface area (Å²) in [6.07, 6.45) is 3.49. The Labute approximate surface area is 190 Å². The fraction of sp³-hybridized carbons (Fsp3) is 0.391. The molecule has 0 unspecified atom stereocenters. The lowest BCUT2D eigenvalue weighted by Crippen LogP contribution is -2.37. The number of nitrogens with one attached hydrogen (secondary N) is 1. The SMILES string of the molecule is COc1ccc(CCn2nc(C(=O)NC3CC3)c3c2CCN(C(=O)c2cscn2)C3)cc1. The number of amides is 2. The topological polar surface area (TPSA) is 89.4 Å². The zero-order valence-electron chi connectivity index (χ0n) is 17.9. The van der Waals surface area contributed by atoms with Crippen molar-refractivity contribution in [2.45, 2.75) is 44.8 Å². The van der Waals surface area contributed by atoms with Crippen LogP contribution in [-0.2, 0) is 25.9 Å².